The third kappa shape index (κ3) is 6.04. The molecule has 7 heteroatoms. The normalized spacial score (nSPS) is 18.4. The van der Waals surface area contributed by atoms with E-state index in [-0.39, 0.29) is 31.1 Å². The summed E-state index contributed by atoms with van der Waals surface area (Å²) in [5, 5.41) is 4.95. The molecule has 1 unspecified atom stereocenters. The van der Waals surface area contributed by atoms with Crippen LogP contribution in [0.3, 0.4) is 0 Å². The van der Waals surface area contributed by atoms with E-state index in [9.17, 15) is 9.18 Å². The van der Waals surface area contributed by atoms with Crippen molar-refractivity contribution in [2.45, 2.75) is 44.4 Å². The monoisotopic (exact) mass is 489 g/mol. The number of halogens is 1. The molecule has 1 heterocycles. The largest absolute Gasteiger partial charge is 0.397 e. The molecule has 1 fully saturated rings. The van der Waals surface area contributed by atoms with Crippen molar-refractivity contribution in [3.8, 4) is 0 Å². The van der Waals surface area contributed by atoms with E-state index in [1.54, 1.807) is 17.0 Å². The van der Waals surface area contributed by atoms with Gasteiger partial charge in [0.1, 0.15) is 12.7 Å². The fraction of sp³-hybridized carbons (Fsp3) is 0.345. The average Bonchev–Trinajstić information content (AvgIpc) is 3.26. The number of carbonyl (C=O) groups is 1. The number of rotatable bonds is 9. The highest BCUT2D eigenvalue weighted by Gasteiger charge is 2.36. The van der Waals surface area contributed by atoms with Crippen molar-refractivity contribution < 1.29 is 9.18 Å². The first-order chi connectivity index (χ1) is 17.3. The van der Waals surface area contributed by atoms with Crippen LogP contribution in [0.4, 0.5) is 15.8 Å². The number of hydrogen-bond acceptors (Lipinski definition) is 5. The van der Waals surface area contributed by atoms with Crippen molar-refractivity contribution in [3.63, 3.8) is 0 Å². The molecule has 3 aromatic rings. The van der Waals surface area contributed by atoms with Crippen LogP contribution >= 0.6 is 0 Å². The van der Waals surface area contributed by atoms with Crippen molar-refractivity contribution in [2.24, 2.45) is 5.84 Å². The number of hydrazine groups is 1. The second-order valence-electron chi connectivity index (χ2n) is 9.79. The quantitative estimate of drug-likeness (QED) is 0.236. The summed E-state index contributed by atoms with van der Waals surface area (Å²) < 4.78 is 14.5. The van der Waals surface area contributed by atoms with Gasteiger partial charge in [-0.3, -0.25) is 9.80 Å². The Balaban J connectivity index is 1.48. The van der Waals surface area contributed by atoms with Crippen LogP contribution in [0.25, 0.3) is 0 Å². The molecule has 3 atom stereocenters. The molecule has 1 aliphatic rings. The summed E-state index contributed by atoms with van der Waals surface area (Å²) in [6.07, 6.45) is -0.765. The van der Waals surface area contributed by atoms with Crippen LogP contribution < -0.4 is 21.9 Å². The molecule has 190 valence electrons. The van der Waals surface area contributed by atoms with Crippen LogP contribution in [0, 0.1) is 0 Å². The number of benzene rings is 3. The molecule has 0 bridgehead atoms. The van der Waals surface area contributed by atoms with Gasteiger partial charge in [-0.1, -0.05) is 80.6 Å². The van der Waals surface area contributed by atoms with Crippen LogP contribution in [-0.2, 0) is 4.79 Å². The smallest absolute Gasteiger partial charge is 0.244 e. The highest BCUT2D eigenvalue weighted by molar-refractivity contribution is 5.83. The number of amides is 1. The Morgan fingerprint density at radius 2 is 1.61 bits per heavy atom. The molecule has 0 aromatic heterocycles. The minimum absolute atomic E-state index is 0.0712. The van der Waals surface area contributed by atoms with Gasteiger partial charge in [0.05, 0.1) is 24.0 Å². The molecular weight excluding hydrogens is 453 g/mol. The van der Waals surface area contributed by atoms with Gasteiger partial charge in [0, 0.05) is 19.0 Å². The van der Waals surface area contributed by atoms with Crippen molar-refractivity contribution in [1.82, 2.24) is 10.2 Å². The van der Waals surface area contributed by atoms with E-state index in [1.807, 2.05) is 30.3 Å². The number of likely N-dealkylation sites (tertiary alicyclic amines) is 1. The number of alkyl halides is 1. The number of carbonyl (C=O) groups excluding carboxylic acids is 1. The highest BCUT2D eigenvalue weighted by Crippen LogP contribution is 2.27. The van der Waals surface area contributed by atoms with E-state index in [2.05, 4.69) is 55.6 Å². The van der Waals surface area contributed by atoms with Gasteiger partial charge in [0.25, 0.3) is 0 Å². The molecule has 5 N–H and O–H groups in total. The first kappa shape index (κ1) is 25.7. The number of nitrogens with one attached hydrogen (secondary N) is 1. The van der Waals surface area contributed by atoms with Gasteiger partial charge in [0.15, 0.2) is 0 Å². The Labute approximate surface area is 213 Å². The standard InChI is InChI=1S/C29H36FN5O/c1-20(2)21-12-14-23(15-13-21)29(22-8-4-3-5-9-22)33-17-25-16-24(30)18-34(25)28(36)19-35(32)27-11-7-6-10-26(27)31/h3-15,20,24-25,29,33H,16-19,31-32H2,1-2H3/t24-,25?,29+/m1/s1. The summed E-state index contributed by atoms with van der Waals surface area (Å²) in [4.78, 5) is 14.8. The fourth-order valence-electron chi connectivity index (χ4n) is 4.83. The van der Waals surface area contributed by atoms with Gasteiger partial charge in [-0.05, 0) is 34.7 Å². The van der Waals surface area contributed by atoms with E-state index in [0.717, 1.165) is 11.1 Å². The minimum Gasteiger partial charge on any atom is -0.397 e. The van der Waals surface area contributed by atoms with Crippen LogP contribution in [0.2, 0.25) is 0 Å². The Hall–Kier alpha value is -3.42. The van der Waals surface area contributed by atoms with Gasteiger partial charge in [-0.15, -0.1) is 0 Å². The van der Waals surface area contributed by atoms with Gasteiger partial charge >= 0.3 is 0 Å². The second-order valence-corrected chi connectivity index (χ2v) is 9.79. The summed E-state index contributed by atoms with van der Waals surface area (Å²) >= 11 is 0. The van der Waals surface area contributed by atoms with Crippen molar-refractivity contribution in [2.75, 3.05) is 30.4 Å². The molecule has 0 aliphatic carbocycles. The summed E-state index contributed by atoms with van der Waals surface area (Å²) in [6.45, 7) is 4.82. The Morgan fingerprint density at radius 3 is 2.28 bits per heavy atom. The SMILES string of the molecule is CC(C)c1ccc([C@@H](NCC2C[C@@H](F)CN2C(=O)CN(N)c2ccccc2N)c2ccccc2)cc1. The fourth-order valence-corrected chi connectivity index (χ4v) is 4.83. The maximum atomic E-state index is 14.5. The zero-order chi connectivity index (χ0) is 25.7. The molecule has 0 radical (unpaired) electrons. The van der Waals surface area contributed by atoms with Crippen molar-refractivity contribution >= 4 is 17.3 Å². The second kappa shape index (κ2) is 11.5. The number of nitrogen functional groups attached to an aromatic ring is 1. The molecule has 3 aromatic carbocycles. The Bertz CT molecular complexity index is 1140. The molecule has 1 amide bonds. The third-order valence-electron chi connectivity index (χ3n) is 6.86. The molecule has 0 spiro atoms. The zero-order valence-corrected chi connectivity index (χ0v) is 21.0. The molecule has 0 saturated carbocycles. The Morgan fingerprint density at radius 1 is 1.00 bits per heavy atom. The van der Waals surface area contributed by atoms with Gasteiger partial charge in [-0.25, -0.2) is 10.2 Å². The lowest BCUT2D eigenvalue weighted by atomic mass is 9.95. The van der Waals surface area contributed by atoms with Gasteiger partial charge in [0.2, 0.25) is 5.91 Å². The zero-order valence-electron chi connectivity index (χ0n) is 21.0. The van der Waals surface area contributed by atoms with Gasteiger partial charge < -0.3 is 16.0 Å². The summed E-state index contributed by atoms with van der Waals surface area (Å²) in [5.41, 5.74) is 10.6. The van der Waals surface area contributed by atoms with E-state index >= 15 is 0 Å². The van der Waals surface area contributed by atoms with Crippen LogP contribution in [0.5, 0.6) is 0 Å². The predicted molar refractivity (Wildman–Crippen MR) is 144 cm³/mol. The minimum atomic E-state index is -1.06. The van der Waals surface area contributed by atoms with Gasteiger partial charge in [-0.2, -0.15) is 0 Å². The lowest BCUT2D eigenvalue weighted by molar-refractivity contribution is -0.130. The van der Waals surface area contributed by atoms with E-state index < -0.39 is 6.17 Å². The number of nitrogens with zero attached hydrogens (tertiary/aromatic N) is 2. The van der Waals surface area contributed by atoms with E-state index in [0.29, 0.717) is 30.3 Å². The maximum absolute atomic E-state index is 14.5. The van der Waals surface area contributed by atoms with Crippen molar-refractivity contribution in [1.29, 1.82) is 0 Å². The van der Waals surface area contributed by atoms with Crippen LogP contribution in [-0.4, -0.2) is 42.7 Å². The molecule has 36 heavy (non-hydrogen) atoms. The third-order valence-corrected chi connectivity index (χ3v) is 6.86. The average molecular weight is 490 g/mol. The number of hydrogen-bond donors (Lipinski definition) is 3. The first-order valence-corrected chi connectivity index (χ1v) is 12.5. The van der Waals surface area contributed by atoms with Crippen LogP contribution in [0.1, 0.15) is 48.9 Å². The first-order valence-electron chi connectivity index (χ1n) is 12.5. The number of nitrogens with two attached hydrogens (primary N) is 2. The molecule has 1 aliphatic heterocycles. The number of anilines is 2. The van der Waals surface area contributed by atoms with Crippen molar-refractivity contribution in [3.05, 3.63) is 95.6 Å². The van der Waals surface area contributed by atoms with Crippen LogP contribution in [0.15, 0.2) is 78.9 Å². The van der Waals surface area contributed by atoms with E-state index in [1.165, 1.54) is 10.6 Å². The summed E-state index contributed by atoms with van der Waals surface area (Å²) in [7, 11) is 0. The lowest BCUT2D eigenvalue weighted by Crippen LogP contribution is -2.48. The number of para-hydroxylation sites is 2. The molecule has 4 rings (SSSR count). The van der Waals surface area contributed by atoms with E-state index in [4.69, 9.17) is 11.6 Å². The summed E-state index contributed by atoms with van der Waals surface area (Å²) in [6, 6.07) is 25.6. The molecular formula is C29H36FN5O. The topological polar surface area (TPSA) is 87.6 Å². The summed E-state index contributed by atoms with van der Waals surface area (Å²) in [5.74, 6) is 6.38. The maximum Gasteiger partial charge on any atom is 0.244 e. The highest BCUT2D eigenvalue weighted by atomic mass is 19.1. The predicted octanol–water partition coefficient (Wildman–Crippen LogP) is 4.39. The Kier molecular flexibility index (Phi) is 8.23. The lowest BCUT2D eigenvalue weighted by Gasteiger charge is -2.29. The molecule has 6 nitrogen and oxygen atoms in total. The molecule has 1 saturated heterocycles.